The van der Waals surface area contributed by atoms with Crippen LogP contribution in [0.1, 0.15) is 50.9 Å². The molecule has 0 bridgehead atoms. The van der Waals surface area contributed by atoms with Crippen molar-refractivity contribution in [2.45, 2.75) is 64.6 Å². The van der Waals surface area contributed by atoms with Gasteiger partial charge >= 0.3 is 0 Å². The highest BCUT2D eigenvalue weighted by molar-refractivity contribution is 6.31. The maximum Gasteiger partial charge on any atom is 0.0863 e. The van der Waals surface area contributed by atoms with Crippen LogP contribution in [0.5, 0.6) is 0 Å². The van der Waals surface area contributed by atoms with Gasteiger partial charge in [0.2, 0.25) is 0 Å². The van der Waals surface area contributed by atoms with E-state index in [-0.39, 0.29) is 0 Å². The Morgan fingerprint density at radius 3 is 2.71 bits per heavy atom. The zero-order valence-corrected chi connectivity index (χ0v) is 14.0. The molecule has 1 N–H and O–H groups in total. The van der Waals surface area contributed by atoms with Gasteiger partial charge in [0.05, 0.1) is 16.4 Å². The summed E-state index contributed by atoms with van der Waals surface area (Å²) in [5.74, 6) is 0. The molecule has 0 radical (unpaired) electrons. The van der Waals surface area contributed by atoms with Gasteiger partial charge in [0.1, 0.15) is 0 Å². The molecule has 1 aromatic heterocycles. The summed E-state index contributed by atoms with van der Waals surface area (Å²) in [7, 11) is 0. The topological polar surface area (TPSA) is 33.1 Å². The summed E-state index contributed by atoms with van der Waals surface area (Å²) in [5, 5.41) is 9.30. The van der Waals surface area contributed by atoms with Crippen LogP contribution in [-0.4, -0.2) is 39.9 Å². The largest absolute Gasteiger partial charge is 0.309 e. The Labute approximate surface area is 132 Å². The molecule has 0 amide bonds. The molecule has 2 heterocycles. The molecule has 0 atom stereocenters. The van der Waals surface area contributed by atoms with Gasteiger partial charge in [0.25, 0.3) is 0 Å². The van der Waals surface area contributed by atoms with Gasteiger partial charge in [-0.25, -0.2) is 0 Å². The quantitative estimate of drug-likeness (QED) is 0.928. The van der Waals surface area contributed by atoms with Crippen molar-refractivity contribution in [3.63, 3.8) is 0 Å². The number of nitrogens with one attached hydrogen (secondary N) is 1. The van der Waals surface area contributed by atoms with Crippen LogP contribution in [0.3, 0.4) is 0 Å². The van der Waals surface area contributed by atoms with Crippen molar-refractivity contribution in [3.8, 4) is 0 Å². The lowest BCUT2D eigenvalue weighted by molar-refractivity contribution is 0.126. The first-order valence-electron chi connectivity index (χ1n) is 8.39. The highest BCUT2D eigenvalue weighted by Gasteiger charge is 2.37. The highest BCUT2D eigenvalue weighted by Crippen LogP contribution is 2.33. The molecule has 1 saturated carbocycles. The minimum absolute atomic E-state index is 0.370. The van der Waals surface area contributed by atoms with E-state index in [1.807, 2.05) is 0 Å². The lowest BCUT2D eigenvalue weighted by Gasteiger charge is -2.41. The van der Waals surface area contributed by atoms with Crippen LogP contribution in [0.2, 0.25) is 5.02 Å². The molecule has 3 rings (SSSR count). The summed E-state index contributed by atoms with van der Waals surface area (Å²) in [4.78, 5) is 2.57. The predicted octanol–water partition coefficient (Wildman–Crippen LogP) is 2.84. The van der Waals surface area contributed by atoms with Gasteiger partial charge in [-0.3, -0.25) is 9.58 Å². The van der Waals surface area contributed by atoms with Crippen LogP contribution < -0.4 is 5.32 Å². The standard InChI is InChI=1S/C16H27ClN4/c1-3-13-15(17)14(21(4-2)19-13)11-20-10-9-18-16(12-20)7-5-6-8-16/h18H,3-12H2,1-2H3. The first-order valence-corrected chi connectivity index (χ1v) is 8.76. The summed E-state index contributed by atoms with van der Waals surface area (Å²) < 4.78 is 2.09. The summed E-state index contributed by atoms with van der Waals surface area (Å²) in [5.41, 5.74) is 2.61. The average molecular weight is 311 g/mol. The molecule has 21 heavy (non-hydrogen) atoms. The highest BCUT2D eigenvalue weighted by atomic mass is 35.5. The van der Waals surface area contributed by atoms with E-state index in [1.54, 1.807) is 0 Å². The molecule has 1 aliphatic heterocycles. The van der Waals surface area contributed by atoms with Crippen LogP contribution in [0.4, 0.5) is 0 Å². The van der Waals surface area contributed by atoms with Crippen molar-refractivity contribution in [2.75, 3.05) is 19.6 Å². The van der Waals surface area contributed by atoms with Crippen LogP contribution in [0.15, 0.2) is 0 Å². The van der Waals surface area contributed by atoms with E-state index in [9.17, 15) is 0 Å². The Morgan fingerprint density at radius 1 is 1.29 bits per heavy atom. The molecule has 2 fully saturated rings. The zero-order chi connectivity index (χ0) is 14.9. The van der Waals surface area contributed by atoms with Gasteiger partial charge in [-0.05, 0) is 26.2 Å². The molecule has 5 heteroatoms. The van der Waals surface area contributed by atoms with Crippen molar-refractivity contribution in [2.24, 2.45) is 0 Å². The Morgan fingerprint density at radius 2 is 2.05 bits per heavy atom. The molecule has 0 unspecified atom stereocenters. The van der Waals surface area contributed by atoms with E-state index in [4.69, 9.17) is 11.6 Å². The van der Waals surface area contributed by atoms with E-state index in [0.717, 1.165) is 49.9 Å². The summed E-state index contributed by atoms with van der Waals surface area (Å²) >= 11 is 6.55. The third-order valence-electron chi connectivity index (χ3n) is 5.08. The van der Waals surface area contributed by atoms with Crippen molar-refractivity contribution < 1.29 is 0 Å². The van der Waals surface area contributed by atoms with Crippen molar-refractivity contribution in [1.82, 2.24) is 20.0 Å². The third kappa shape index (κ3) is 2.99. The normalized spacial score (nSPS) is 22.2. The van der Waals surface area contributed by atoms with E-state index in [0.29, 0.717) is 5.54 Å². The smallest absolute Gasteiger partial charge is 0.0863 e. The summed E-state index contributed by atoms with van der Waals surface area (Å²) in [6, 6.07) is 0. The number of halogens is 1. The fourth-order valence-electron chi connectivity index (χ4n) is 3.94. The average Bonchev–Trinajstić information content (AvgIpc) is 3.05. The molecule has 1 aromatic rings. The number of hydrogen-bond acceptors (Lipinski definition) is 3. The number of rotatable bonds is 4. The van der Waals surface area contributed by atoms with Gasteiger partial charge in [-0.1, -0.05) is 31.4 Å². The van der Waals surface area contributed by atoms with Crippen molar-refractivity contribution in [3.05, 3.63) is 16.4 Å². The van der Waals surface area contributed by atoms with Crippen LogP contribution >= 0.6 is 11.6 Å². The lowest BCUT2D eigenvalue weighted by Crippen LogP contribution is -2.58. The van der Waals surface area contributed by atoms with Gasteiger partial charge in [0, 0.05) is 38.3 Å². The van der Waals surface area contributed by atoms with E-state index < -0.39 is 0 Å². The zero-order valence-electron chi connectivity index (χ0n) is 13.3. The molecule has 4 nitrogen and oxygen atoms in total. The van der Waals surface area contributed by atoms with Crippen LogP contribution in [0, 0.1) is 0 Å². The number of aryl methyl sites for hydroxylation is 2. The third-order valence-corrected chi connectivity index (χ3v) is 5.52. The summed E-state index contributed by atoms with van der Waals surface area (Å²) in [6.07, 6.45) is 6.29. The fourth-order valence-corrected chi connectivity index (χ4v) is 4.27. The molecule has 1 aliphatic carbocycles. The Balaban J connectivity index is 1.75. The van der Waals surface area contributed by atoms with E-state index in [2.05, 4.69) is 33.8 Å². The van der Waals surface area contributed by atoms with Crippen LogP contribution in [0.25, 0.3) is 0 Å². The molecule has 2 aliphatic rings. The SMILES string of the molecule is CCc1nn(CC)c(CN2CCNC3(CCCC3)C2)c1Cl. The number of aromatic nitrogens is 2. The van der Waals surface area contributed by atoms with Crippen molar-refractivity contribution in [1.29, 1.82) is 0 Å². The van der Waals surface area contributed by atoms with Gasteiger partial charge in [-0.2, -0.15) is 5.10 Å². The summed E-state index contributed by atoms with van der Waals surface area (Å²) in [6.45, 7) is 9.45. The number of hydrogen-bond donors (Lipinski definition) is 1. The number of nitrogens with zero attached hydrogens (tertiary/aromatic N) is 3. The molecular weight excluding hydrogens is 284 g/mol. The molecule has 118 valence electrons. The first kappa shape index (κ1) is 15.3. The molecular formula is C16H27ClN4. The predicted molar refractivity (Wildman–Crippen MR) is 86.8 cm³/mol. The lowest BCUT2D eigenvalue weighted by atomic mass is 9.94. The maximum absolute atomic E-state index is 6.55. The van der Waals surface area contributed by atoms with Gasteiger partial charge in [0.15, 0.2) is 0 Å². The molecule has 1 saturated heterocycles. The number of piperazine rings is 1. The minimum atomic E-state index is 0.370. The minimum Gasteiger partial charge on any atom is -0.309 e. The second-order valence-electron chi connectivity index (χ2n) is 6.50. The van der Waals surface area contributed by atoms with E-state index >= 15 is 0 Å². The monoisotopic (exact) mass is 310 g/mol. The van der Waals surface area contributed by atoms with E-state index in [1.165, 1.54) is 31.4 Å². The van der Waals surface area contributed by atoms with Crippen molar-refractivity contribution >= 4 is 11.6 Å². The molecule has 0 aromatic carbocycles. The maximum atomic E-state index is 6.55. The van der Waals surface area contributed by atoms with Gasteiger partial charge < -0.3 is 5.32 Å². The fraction of sp³-hybridized carbons (Fsp3) is 0.812. The Bertz CT molecular complexity index is 491. The Kier molecular flexibility index (Phi) is 4.57. The Hall–Kier alpha value is -0.580. The van der Waals surface area contributed by atoms with Gasteiger partial charge in [-0.15, -0.1) is 0 Å². The second-order valence-corrected chi connectivity index (χ2v) is 6.88. The molecule has 1 spiro atoms. The second kappa shape index (κ2) is 6.27. The first-order chi connectivity index (χ1) is 10.2. The van der Waals surface area contributed by atoms with Crippen LogP contribution in [-0.2, 0) is 19.5 Å².